The predicted octanol–water partition coefficient (Wildman–Crippen LogP) is 2.86. The van der Waals surface area contributed by atoms with Gasteiger partial charge in [-0.15, -0.1) is 0 Å². The van der Waals surface area contributed by atoms with Gasteiger partial charge in [-0.05, 0) is 18.6 Å². The predicted molar refractivity (Wildman–Crippen MR) is 74.3 cm³/mol. The molecule has 0 spiro atoms. The Morgan fingerprint density at radius 1 is 1.39 bits per heavy atom. The number of nitrogens with zero attached hydrogens (tertiary/aromatic N) is 2. The fourth-order valence-electron chi connectivity index (χ4n) is 2.25. The molecule has 0 aliphatic rings. The summed E-state index contributed by atoms with van der Waals surface area (Å²) in [6, 6.07) is 9.08. The number of nitriles is 1. The van der Waals surface area contributed by atoms with Crippen molar-refractivity contribution in [3.8, 4) is 6.07 Å². The highest BCUT2D eigenvalue weighted by Crippen LogP contribution is 2.25. The van der Waals surface area contributed by atoms with Crippen LogP contribution in [0.4, 0.5) is 0 Å². The van der Waals surface area contributed by atoms with Crippen LogP contribution in [0, 0.1) is 18.3 Å². The maximum absolute atomic E-state index is 9.34. The zero-order valence-electron chi connectivity index (χ0n) is 11.4. The van der Waals surface area contributed by atoms with E-state index in [1.165, 1.54) is 10.9 Å². The van der Waals surface area contributed by atoms with E-state index < -0.39 is 0 Å². The Morgan fingerprint density at radius 3 is 2.72 bits per heavy atom. The third-order valence-corrected chi connectivity index (χ3v) is 3.25. The van der Waals surface area contributed by atoms with Gasteiger partial charge in [0.1, 0.15) is 11.8 Å². The number of nitrogens with one attached hydrogen (secondary N) is 1. The first-order valence-corrected chi connectivity index (χ1v) is 6.26. The summed E-state index contributed by atoms with van der Waals surface area (Å²) in [5.74, 6) is 0. The molecule has 1 N–H and O–H groups in total. The van der Waals surface area contributed by atoms with Gasteiger partial charge in [0.2, 0.25) is 0 Å². The highest BCUT2D eigenvalue weighted by Gasteiger charge is 2.14. The number of hydrogen-bond acceptors (Lipinski definition) is 2. The Bertz CT molecular complexity index is 615. The molecule has 2 aromatic rings. The van der Waals surface area contributed by atoms with E-state index >= 15 is 0 Å². The minimum absolute atomic E-state index is 0.414. The maximum atomic E-state index is 9.34. The average Bonchev–Trinajstić information content (AvgIpc) is 2.59. The van der Waals surface area contributed by atoms with Crippen LogP contribution in [0.3, 0.4) is 0 Å². The van der Waals surface area contributed by atoms with Gasteiger partial charge < -0.3 is 9.88 Å². The number of fused-ring (bicyclic) bond motifs is 1. The largest absolute Gasteiger partial charge is 0.335 e. The van der Waals surface area contributed by atoms with Gasteiger partial charge >= 0.3 is 0 Å². The number of aryl methyl sites for hydroxylation is 2. The fraction of sp³-hybridized carbons (Fsp3) is 0.400. The van der Waals surface area contributed by atoms with Crippen LogP contribution in [0.2, 0.25) is 0 Å². The molecule has 1 heterocycles. The van der Waals surface area contributed by atoms with Crippen LogP contribution >= 0.6 is 0 Å². The smallest absolute Gasteiger partial charge is 0.125 e. The second kappa shape index (κ2) is 4.83. The lowest BCUT2D eigenvalue weighted by Crippen LogP contribution is -2.22. The normalized spacial score (nSPS) is 11.1. The van der Waals surface area contributed by atoms with Crippen molar-refractivity contribution >= 4 is 10.9 Å². The van der Waals surface area contributed by atoms with Gasteiger partial charge in [0, 0.05) is 36.1 Å². The first kappa shape index (κ1) is 12.7. The van der Waals surface area contributed by atoms with Gasteiger partial charge in [-0.3, -0.25) is 0 Å². The number of aromatic nitrogens is 1. The molecular formula is C15H19N3. The lowest BCUT2D eigenvalue weighted by molar-refractivity contribution is 0.589. The molecule has 3 nitrogen and oxygen atoms in total. The van der Waals surface area contributed by atoms with E-state index in [9.17, 15) is 5.26 Å². The van der Waals surface area contributed by atoms with Crippen molar-refractivity contribution in [2.75, 3.05) is 0 Å². The first-order chi connectivity index (χ1) is 8.54. The highest BCUT2D eigenvalue weighted by molar-refractivity contribution is 5.87. The molecule has 0 radical (unpaired) electrons. The van der Waals surface area contributed by atoms with E-state index in [0.717, 1.165) is 23.3 Å². The molecular weight excluding hydrogens is 222 g/mol. The molecule has 0 aliphatic carbocycles. The number of rotatable bonds is 3. The van der Waals surface area contributed by atoms with Gasteiger partial charge in [0.25, 0.3) is 0 Å². The Morgan fingerprint density at radius 2 is 2.11 bits per heavy atom. The minimum atomic E-state index is 0.414. The summed E-state index contributed by atoms with van der Waals surface area (Å²) >= 11 is 0. The third kappa shape index (κ3) is 2.12. The number of hydrogen-bond donors (Lipinski definition) is 1. The van der Waals surface area contributed by atoms with Crippen molar-refractivity contribution < 1.29 is 0 Å². The molecule has 0 saturated heterocycles. The van der Waals surface area contributed by atoms with Gasteiger partial charge in [-0.2, -0.15) is 5.26 Å². The third-order valence-electron chi connectivity index (χ3n) is 3.25. The molecule has 3 heteroatoms. The van der Waals surface area contributed by atoms with E-state index in [1.54, 1.807) is 0 Å². The first-order valence-electron chi connectivity index (χ1n) is 6.26. The summed E-state index contributed by atoms with van der Waals surface area (Å²) in [5, 5.41) is 13.9. The molecule has 94 valence electrons. The summed E-state index contributed by atoms with van der Waals surface area (Å²) < 4.78 is 1.99. The van der Waals surface area contributed by atoms with Crippen molar-refractivity contribution in [3.05, 3.63) is 35.0 Å². The zero-order chi connectivity index (χ0) is 13.3. The van der Waals surface area contributed by atoms with Gasteiger partial charge in [0.15, 0.2) is 0 Å². The zero-order valence-corrected chi connectivity index (χ0v) is 11.4. The van der Waals surface area contributed by atoms with Gasteiger partial charge in [-0.1, -0.05) is 26.0 Å². The molecule has 0 saturated carbocycles. The van der Waals surface area contributed by atoms with E-state index in [2.05, 4.69) is 50.4 Å². The highest BCUT2D eigenvalue weighted by atomic mass is 15.0. The van der Waals surface area contributed by atoms with Gasteiger partial charge in [-0.25, -0.2) is 0 Å². The quantitative estimate of drug-likeness (QED) is 0.897. The SMILES string of the molecule is Cc1ccc2c(CNC(C)C)c(C#N)n(C)c2c1. The van der Waals surface area contributed by atoms with E-state index in [-0.39, 0.29) is 0 Å². The maximum Gasteiger partial charge on any atom is 0.125 e. The van der Waals surface area contributed by atoms with Crippen LogP contribution in [-0.2, 0) is 13.6 Å². The standard InChI is InChI=1S/C15H19N3/c1-10(2)17-9-13-12-6-5-11(3)7-14(12)18(4)15(13)8-16/h5-7,10,17H,9H2,1-4H3. The van der Waals surface area contributed by atoms with Crippen LogP contribution in [0.15, 0.2) is 18.2 Å². The van der Waals surface area contributed by atoms with Crippen LogP contribution < -0.4 is 5.32 Å². The molecule has 1 aromatic heterocycles. The number of benzene rings is 1. The van der Waals surface area contributed by atoms with Crippen LogP contribution in [-0.4, -0.2) is 10.6 Å². The molecule has 0 atom stereocenters. The Kier molecular flexibility index (Phi) is 3.40. The van der Waals surface area contributed by atoms with E-state index in [0.29, 0.717) is 6.04 Å². The van der Waals surface area contributed by atoms with Crippen LogP contribution in [0.1, 0.15) is 30.7 Å². The topological polar surface area (TPSA) is 40.8 Å². The summed E-state index contributed by atoms with van der Waals surface area (Å²) in [6.07, 6.45) is 0. The Hall–Kier alpha value is -1.79. The second-order valence-electron chi connectivity index (χ2n) is 5.05. The fourth-order valence-corrected chi connectivity index (χ4v) is 2.25. The second-order valence-corrected chi connectivity index (χ2v) is 5.05. The summed E-state index contributed by atoms with van der Waals surface area (Å²) in [4.78, 5) is 0. The summed E-state index contributed by atoms with van der Waals surface area (Å²) in [5.41, 5.74) is 4.20. The van der Waals surface area contributed by atoms with Crippen molar-refractivity contribution in [1.82, 2.24) is 9.88 Å². The lowest BCUT2D eigenvalue weighted by atomic mass is 10.1. The molecule has 0 aliphatic heterocycles. The molecule has 2 rings (SSSR count). The monoisotopic (exact) mass is 241 g/mol. The van der Waals surface area contributed by atoms with Crippen molar-refractivity contribution in [3.63, 3.8) is 0 Å². The van der Waals surface area contributed by atoms with Crippen molar-refractivity contribution in [2.45, 2.75) is 33.4 Å². The summed E-state index contributed by atoms with van der Waals surface area (Å²) in [7, 11) is 1.96. The molecule has 0 unspecified atom stereocenters. The Balaban J connectivity index is 2.60. The van der Waals surface area contributed by atoms with Crippen molar-refractivity contribution in [2.24, 2.45) is 7.05 Å². The van der Waals surface area contributed by atoms with E-state index in [1.807, 2.05) is 11.6 Å². The van der Waals surface area contributed by atoms with Crippen LogP contribution in [0.5, 0.6) is 0 Å². The molecule has 1 aromatic carbocycles. The van der Waals surface area contributed by atoms with E-state index in [4.69, 9.17) is 0 Å². The molecule has 0 fully saturated rings. The van der Waals surface area contributed by atoms with Gasteiger partial charge in [0.05, 0.1) is 0 Å². The molecule has 0 bridgehead atoms. The summed E-state index contributed by atoms with van der Waals surface area (Å²) in [6.45, 7) is 7.04. The molecule has 18 heavy (non-hydrogen) atoms. The lowest BCUT2D eigenvalue weighted by Gasteiger charge is -2.07. The Labute approximate surface area is 108 Å². The minimum Gasteiger partial charge on any atom is -0.335 e. The molecule has 0 amide bonds. The van der Waals surface area contributed by atoms with Crippen LogP contribution in [0.25, 0.3) is 10.9 Å². The van der Waals surface area contributed by atoms with Crippen molar-refractivity contribution in [1.29, 1.82) is 5.26 Å². The average molecular weight is 241 g/mol.